The molecule has 0 amide bonds. The van der Waals surface area contributed by atoms with Crippen molar-refractivity contribution in [1.29, 1.82) is 0 Å². The Hall–Kier alpha value is -1.72. The fraction of sp³-hybridized carbons (Fsp3) is 0.500. The van der Waals surface area contributed by atoms with E-state index < -0.39 is 41.4 Å². The smallest absolute Gasteiger partial charge is 0.327 e. The van der Waals surface area contributed by atoms with Gasteiger partial charge in [0.1, 0.15) is 24.6 Å². The van der Waals surface area contributed by atoms with Crippen molar-refractivity contribution in [2.75, 3.05) is 6.61 Å². The number of ether oxygens (including phenoxy) is 1. The molecule has 0 spiro atoms. The Morgan fingerprint density at radius 3 is 2.76 bits per heavy atom. The van der Waals surface area contributed by atoms with E-state index in [9.17, 15) is 19.8 Å². The van der Waals surface area contributed by atoms with Crippen molar-refractivity contribution in [1.82, 2.24) is 19.5 Å². The van der Waals surface area contributed by atoms with E-state index in [-0.39, 0.29) is 11.2 Å². The third-order valence-corrected chi connectivity index (χ3v) is 3.83. The number of aromatic amines is 2. The number of aromatic nitrogens is 4. The van der Waals surface area contributed by atoms with Gasteiger partial charge < -0.3 is 20.1 Å². The summed E-state index contributed by atoms with van der Waals surface area (Å²) in [6, 6.07) is 0. The van der Waals surface area contributed by atoms with Crippen molar-refractivity contribution >= 4 is 22.8 Å². The maximum absolute atomic E-state index is 11.6. The number of aliphatic hydroxyl groups is 3. The molecule has 1 aliphatic rings. The Bertz CT molecular complexity index is 799. The van der Waals surface area contributed by atoms with Crippen molar-refractivity contribution in [2.45, 2.75) is 23.5 Å². The molecule has 1 saturated heterocycles. The van der Waals surface area contributed by atoms with Crippen LogP contribution in [-0.2, 0) is 9.92 Å². The number of imidazole rings is 1. The van der Waals surface area contributed by atoms with Crippen LogP contribution in [-0.4, -0.2) is 59.8 Å². The summed E-state index contributed by atoms with van der Waals surface area (Å²) in [5.74, 6) is 0. The molecule has 0 radical (unpaired) electrons. The number of fused-ring (bicyclic) bond motifs is 1. The van der Waals surface area contributed by atoms with Crippen molar-refractivity contribution in [3.63, 3.8) is 0 Å². The zero-order chi connectivity index (χ0) is 15.4. The number of nitrogens with one attached hydrogen (secondary N) is 2. The zero-order valence-corrected chi connectivity index (χ0v) is 11.1. The van der Waals surface area contributed by atoms with Gasteiger partial charge in [0, 0.05) is 0 Å². The van der Waals surface area contributed by atoms with E-state index in [1.165, 1.54) is 0 Å². The van der Waals surface area contributed by atoms with E-state index >= 15 is 0 Å². The highest BCUT2D eigenvalue weighted by atomic mass is 35.5. The lowest BCUT2D eigenvalue weighted by molar-refractivity contribution is -0.0838. The quantitative estimate of drug-likeness (QED) is 0.380. The first-order valence-electron chi connectivity index (χ1n) is 5.92. The lowest BCUT2D eigenvalue weighted by atomic mass is 10.1. The number of alkyl halides is 1. The van der Waals surface area contributed by atoms with Crippen LogP contribution in [0.2, 0.25) is 0 Å². The summed E-state index contributed by atoms with van der Waals surface area (Å²) in [6.45, 7) is -0.573. The molecule has 1 aliphatic heterocycles. The molecule has 1 fully saturated rings. The molecule has 0 bridgehead atoms. The second-order valence-electron chi connectivity index (χ2n) is 4.60. The SMILES string of the molecule is O=c1[nH]c(=O)c2ncn([C@]3(Cl)O[C@H](CO)[C@@H](O)[C@H]3O)c2[nH]1. The van der Waals surface area contributed by atoms with Crippen molar-refractivity contribution in [3.05, 3.63) is 27.2 Å². The molecule has 4 atom stereocenters. The average Bonchev–Trinajstić information content (AvgIpc) is 2.95. The maximum Gasteiger partial charge on any atom is 0.327 e. The molecule has 21 heavy (non-hydrogen) atoms. The minimum atomic E-state index is -2.02. The molecule has 11 heteroatoms. The van der Waals surface area contributed by atoms with Gasteiger partial charge in [-0.1, -0.05) is 11.6 Å². The topological polar surface area (TPSA) is 153 Å². The molecule has 2 aromatic rings. The highest BCUT2D eigenvalue weighted by Crippen LogP contribution is 2.40. The summed E-state index contributed by atoms with van der Waals surface area (Å²) < 4.78 is 6.28. The van der Waals surface area contributed by atoms with E-state index in [4.69, 9.17) is 21.4 Å². The van der Waals surface area contributed by atoms with Gasteiger partial charge in [-0.25, -0.2) is 9.78 Å². The summed E-state index contributed by atoms with van der Waals surface area (Å²) in [4.78, 5) is 31.1. The molecule has 2 aromatic heterocycles. The lowest BCUT2D eigenvalue weighted by Crippen LogP contribution is -2.41. The second kappa shape index (κ2) is 4.64. The minimum Gasteiger partial charge on any atom is -0.394 e. The van der Waals surface area contributed by atoms with Crippen LogP contribution in [0.5, 0.6) is 0 Å². The number of rotatable bonds is 2. The van der Waals surface area contributed by atoms with Crippen LogP contribution in [0, 0.1) is 0 Å². The predicted molar refractivity (Wildman–Crippen MR) is 68.8 cm³/mol. The van der Waals surface area contributed by atoms with Gasteiger partial charge in [0.2, 0.25) is 0 Å². The molecule has 0 unspecified atom stereocenters. The summed E-state index contributed by atoms with van der Waals surface area (Å²) in [7, 11) is 0. The Balaban J connectivity index is 2.21. The first kappa shape index (κ1) is 14.2. The lowest BCUT2D eigenvalue weighted by Gasteiger charge is -2.26. The second-order valence-corrected chi connectivity index (χ2v) is 5.14. The summed E-state index contributed by atoms with van der Waals surface area (Å²) in [5.41, 5.74) is -1.73. The van der Waals surface area contributed by atoms with Crippen LogP contribution in [0.4, 0.5) is 0 Å². The molecule has 0 aliphatic carbocycles. The predicted octanol–water partition coefficient (Wildman–Crippen LogP) is -2.63. The number of H-pyrrole nitrogens is 2. The molecule has 0 aromatic carbocycles. The first-order chi connectivity index (χ1) is 9.88. The molecule has 0 saturated carbocycles. The standard InChI is InChI=1S/C10H11ClN4O6/c11-10(6(18)5(17)3(1-16)21-10)15-2-12-4-7(15)13-9(20)14-8(4)19/h2-3,5-6,16-18H,1H2,(H2,13,14,19,20)/t3-,5-,6-,10+/m1/s1. The normalized spacial score (nSPS) is 32.9. The number of hydrogen-bond donors (Lipinski definition) is 5. The van der Waals surface area contributed by atoms with Crippen LogP contribution < -0.4 is 11.2 Å². The summed E-state index contributed by atoms with van der Waals surface area (Å²) >= 11 is 6.19. The van der Waals surface area contributed by atoms with E-state index in [2.05, 4.69) is 9.97 Å². The third kappa shape index (κ3) is 1.92. The summed E-state index contributed by atoms with van der Waals surface area (Å²) in [6.07, 6.45) is -3.10. The van der Waals surface area contributed by atoms with Gasteiger partial charge in [-0.3, -0.25) is 19.3 Å². The van der Waals surface area contributed by atoms with Gasteiger partial charge in [0.15, 0.2) is 11.2 Å². The molecule has 114 valence electrons. The van der Waals surface area contributed by atoms with E-state index in [1.54, 1.807) is 0 Å². The fourth-order valence-corrected chi connectivity index (χ4v) is 2.65. The van der Waals surface area contributed by atoms with E-state index in [0.717, 1.165) is 10.9 Å². The largest absolute Gasteiger partial charge is 0.394 e. The molecular formula is C10H11ClN4O6. The Morgan fingerprint density at radius 2 is 2.14 bits per heavy atom. The van der Waals surface area contributed by atoms with Crippen LogP contribution in [0.1, 0.15) is 0 Å². The van der Waals surface area contributed by atoms with Gasteiger partial charge in [0.05, 0.1) is 6.61 Å². The Labute approximate surface area is 120 Å². The van der Waals surface area contributed by atoms with Crippen molar-refractivity contribution in [3.8, 4) is 0 Å². The molecule has 5 N–H and O–H groups in total. The van der Waals surface area contributed by atoms with Crippen LogP contribution in [0.25, 0.3) is 11.2 Å². The van der Waals surface area contributed by atoms with Crippen LogP contribution in [0.15, 0.2) is 15.9 Å². The number of hydrogen-bond acceptors (Lipinski definition) is 7. The first-order valence-corrected chi connectivity index (χ1v) is 6.30. The maximum atomic E-state index is 11.6. The van der Waals surface area contributed by atoms with Crippen LogP contribution >= 0.6 is 11.6 Å². The van der Waals surface area contributed by atoms with Gasteiger partial charge in [0.25, 0.3) is 10.7 Å². The summed E-state index contributed by atoms with van der Waals surface area (Å²) in [5, 5.41) is 26.9. The van der Waals surface area contributed by atoms with Gasteiger partial charge in [-0.05, 0) is 0 Å². The van der Waals surface area contributed by atoms with Crippen LogP contribution in [0.3, 0.4) is 0 Å². The zero-order valence-electron chi connectivity index (χ0n) is 10.4. The minimum absolute atomic E-state index is 0.0800. The monoisotopic (exact) mass is 318 g/mol. The van der Waals surface area contributed by atoms with E-state index in [0.29, 0.717) is 0 Å². The highest BCUT2D eigenvalue weighted by Gasteiger charge is 2.55. The van der Waals surface area contributed by atoms with Crippen molar-refractivity contribution in [2.24, 2.45) is 0 Å². The number of halogens is 1. The third-order valence-electron chi connectivity index (χ3n) is 3.34. The van der Waals surface area contributed by atoms with Gasteiger partial charge in [-0.2, -0.15) is 0 Å². The van der Waals surface area contributed by atoms with Crippen molar-refractivity contribution < 1.29 is 20.1 Å². The molecule has 3 heterocycles. The Morgan fingerprint density at radius 1 is 1.43 bits per heavy atom. The number of nitrogens with zero attached hydrogens (tertiary/aromatic N) is 2. The molecule has 3 rings (SSSR count). The number of aliphatic hydroxyl groups excluding tert-OH is 3. The fourth-order valence-electron chi connectivity index (χ4n) is 2.28. The molecule has 10 nitrogen and oxygen atoms in total. The Kier molecular flexibility index (Phi) is 3.15. The highest BCUT2D eigenvalue weighted by molar-refractivity contribution is 6.22. The molecular weight excluding hydrogens is 308 g/mol. The van der Waals surface area contributed by atoms with Gasteiger partial charge >= 0.3 is 5.69 Å². The van der Waals surface area contributed by atoms with Gasteiger partial charge in [-0.15, -0.1) is 0 Å². The van der Waals surface area contributed by atoms with E-state index in [1.807, 2.05) is 4.98 Å². The average molecular weight is 319 g/mol.